The summed E-state index contributed by atoms with van der Waals surface area (Å²) < 4.78 is 6.89. The largest absolute Gasteiger partial charge is 0.469 e. The van der Waals surface area contributed by atoms with Crippen LogP contribution < -0.4 is 0 Å². The third-order valence-corrected chi connectivity index (χ3v) is 5.95. The molecule has 0 unspecified atom stereocenters. The van der Waals surface area contributed by atoms with Crippen LogP contribution in [0.3, 0.4) is 0 Å². The molecule has 2 heterocycles. The molecule has 2 aromatic heterocycles. The molecular formula is C20H20N4O2. The number of nitrogens with zero attached hydrogens (tertiary/aromatic N) is 4. The van der Waals surface area contributed by atoms with Gasteiger partial charge >= 0.3 is 5.97 Å². The van der Waals surface area contributed by atoms with Crippen molar-refractivity contribution >= 4 is 17.0 Å². The van der Waals surface area contributed by atoms with Crippen LogP contribution in [0, 0.1) is 11.3 Å². The summed E-state index contributed by atoms with van der Waals surface area (Å²) in [7, 11) is 1.47. The first kappa shape index (κ1) is 15.5. The van der Waals surface area contributed by atoms with Crippen molar-refractivity contribution in [1.82, 2.24) is 19.7 Å². The van der Waals surface area contributed by atoms with E-state index < -0.39 is 0 Å². The average molecular weight is 348 g/mol. The Labute approximate surface area is 151 Å². The molecule has 0 N–H and O–H groups in total. The molecule has 0 radical (unpaired) electrons. The number of carbonyl (C=O) groups excluding carboxylic acids is 1. The number of hydrogen-bond acceptors (Lipinski definition) is 5. The normalized spacial score (nSPS) is 27.1. The number of hydrogen-bond donors (Lipinski definition) is 0. The van der Waals surface area contributed by atoms with Crippen molar-refractivity contribution in [2.75, 3.05) is 7.11 Å². The van der Waals surface area contributed by atoms with Gasteiger partial charge in [-0.1, -0.05) is 12.1 Å². The van der Waals surface area contributed by atoms with Crippen LogP contribution in [0.4, 0.5) is 0 Å². The maximum Gasteiger partial charge on any atom is 0.308 e. The fraction of sp³-hybridized carbons (Fsp3) is 0.400. The van der Waals surface area contributed by atoms with Crippen LogP contribution in [0.1, 0.15) is 31.7 Å². The van der Waals surface area contributed by atoms with Gasteiger partial charge in [0.15, 0.2) is 0 Å². The molecule has 6 heteroatoms. The van der Waals surface area contributed by atoms with Gasteiger partial charge in [-0.05, 0) is 43.2 Å². The predicted octanol–water partition coefficient (Wildman–Crippen LogP) is 3.40. The number of para-hydroxylation sites is 2. The zero-order chi connectivity index (χ0) is 17.7. The SMILES string of the molecule is COC(=O)C1CC2(C1)CC(n1cc(-c3cnc4ccccc4n3)cn1)C2. The third kappa shape index (κ3) is 2.40. The minimum atomic E-state index is -0.0599. The van der Waals surface area contributed by atoms with Gasteiger partial charge in [-0.2, -0.15) is 5.10 Å². The third-order valence-electron chi connectivity index (χ3n) is 5.95. The van der Waals surface area contributed by atoms with Crippen LogP contribution in [-0.2, 0) is 9.53 Å². The Hall–Kier alpha value is -2.76. The highest BCUT2D eigenvalue weighted by molar-refractivity contribution is 5.76. The molecule has 6 nitrogen and oxygen atoms in total. The maximum absolute atomic E-state index is 11.6. The van der Waals surface area contributed by atoms with Gasteiger partial charge in [0.25, 0.3) is 0 Å². The molecule has 2 saturated carbocycles. The van der Waals surface area contributed by atoms with Crippen molar-refractivity contribution in [3.63, 3.8) is 0 Å². The molecule has 2 aliphatic rings. The fourth-order valence-electron chi connectivity index (χ4n) is 4.55. The van der Waals surface area contributed by atoms with Gasteiger partial charge in [-0.25, -0.2) is 4.98 Å². The molecule has 2 fully saturated rings. The van der Waals surface area contributed by atoms with Gasteiger partial charge < -0.3 is 4.74 Å². The van der Waals surface area contributed by atoms with E-state index in [1.807, 2.05) is 35.1 Å². The first-order chi connectivity index (χ1) is 12.7. The number of methoxy groups -OCH3 is 1. The van der Waals surface area contributed by atoms with E-state index in [4.69, 9.17) is 4.74 Å². The number of benzene rings is 1. The highest BCUT2D eigenvalue weighted by atomic mass is 16.5. The lowest BCUT2D eigenvalue weighted by Gasteiger charge is -2.56. The highest BCUT2D eigenvalue weighted by Crippen LogP contribution is 2.62. The number of carbonyl (C=O) groups is 1. The fourth-order valence-corrected chi connectivity index (χ4v) is 4.55. The van der Waals surface area contributed by atoms with Gasteiger partial charge in [0.1, 0.15) is 0 Å². The summed E-state index contributed by atoms with van der Waals surface area (Å²) in [4.78, 5) is 20.7. The highest BCUT2D eigenvalue weighted by Gasteiger charge is 2.55. The monoisotopic (exact) mass is 348 g/mol. The molecule has 1 aromatic carbocycles. The van der Waals surface area contributed by atoms with Gasteiger partial charge in [0.2, 0.25) is 0 Å². The Morgan fingerprint density at radius 1 is 1.15 bits per heavy atom. The number of fused-ring (bicyclic) bond motifs is 1. The number of esters is 1. The van der Waals surface area contributed by atoms with Crippen LogP contribution in [0.15, 0.2) is 42.9 Å². The summed E-state index contributed by atoms with van der Waals surface area (Å²) >= 11 is 0. The smallest absolute Gasteiger partial charge is 0.308 e. The Morgan fingerprint density at radius 3 is 2.69 bits per heavy atom. The molecule has 1 spiro atoms. The second-order valence-corrected chi connectivity index (χ2v) is 7.64. The van der Waals surface area contributed by atoms with E-state index in [-0.39, 0.29) is 11.9 Å². The van der Waals surface area contributed by atoms with Crippen LogP contribution in [0.25, 0.3) is 22.3 Å². The lowest BCUT2D eigenvalue weighted by atomic mass is 9.50. The van der Waals surface area contributed by atoms with Crippen molar-refractivity contribution in [3.8, 4) is 11.3 Å². The molecule has 5 rings (SSSR count). The standard InChI is InChI=1S/C20H20N4O2/c1-26-19(25)13-6-20(7-13)8-15(9-20)24-12-14(10-22-24)18-11-21-16-4-2-3-5-17(16)23-18/h2-5,10-13,15H,6-9H2,1H3. The van der Waals surface area contributed by atoms with Crippen LogP contribution in [-0.4, -0.2) is 32.8 Å². The number of rotatable bonds is 3. The first-order valence-electron chi connectivity index (χ1n) is 9.00. The molecule has 0 bridgehead atoms. The second kappa shape index (κ2) is 5.62. The van der Waals surface area contributed by atoms with Gasteiger partial charge in [0.05, 0.1) is 48.2 Å². The van der Waals surface area contributed by atoms with Crippen molar-refractivity contribution < 1.29 is 9.53 Å². The molecule has 132 valence electrons. The summed E-state index contributed by atoms with van der Waals surface area (Å²) in [5.41, 5.74) is 3.96. The second-order valence-electron chi connectivity index (χ2n) is 7.64. The summed E-state index contributed by atoms with van der Waals surface area (Å²) in [6.45, 7) is 0. The van der Waals surface area contributed by atoms with Crippen LogP contribution in [0.2, 0.25) is 0 Å². The molecule has 0 saturated heterocycles. The molecule has 26 heavy (non-hydrogen) atoms. The maximum atomic E-state index is 11.6. The Balaban J connectivity index is 1.29. The molecule has 3 aromatic rings. The van der Waals surface area contributed by atoms with Gasteiger partial charge in [-0.15, -0.1) is 0 Å². The van der Waals surface area contributed by atoms with E-state index in [1.54, 1.807) is 6.20 Å². The Kier molecular flexibility index (Phi) is 3.35. The molecule has 0 amide bonds. The summed E-state index contributed by atoms with van der Waals surface area (Å²) in [6, 6.07) is 8.28. The zero-order valence-electron chi connectivity index (χ0n) is 14.6. The average Bonchev–Trinajstić information content (AvgIpc) is 3.08. The minimum absolute atomic E-state index is 0.0599. The van der Waals surface area contributed by atoms with Crippen molar-refractivity contribution in [3.05, 3.63) is 42.9 Å². The molecule has 0 atom stereocenters. The van der Waals surface area contributed by atoms with E-state index in [0.717, 1.165) is 48.0 Å². The minimum Gasteiger partial charge on any atom is -0.469 e. The van der Waals surface area contributed by atoms with Crippen molar-refractivity contribution in [2.45, 2.75) is 31.7 Å². The molecular weight excluding hydrogens is 328 g/mol. The first-order valence-corrected chi connectivity index (χ1v) is 9.00. The Morgan fingerprint density at radius 2 is 1.92 bits per heavy atom. The van der Waals surface area contributed by atoms with E-state index >= 15 is 0 Å². The summed E-state index contributed by atoms with van der Waals surface area (Å²) in [5, 5.41) is 4.55. The van der Waals surface area contributed by atoms with Crippen LogP contribution >= 0.6 is 0 Å². The van der Waals surface area contributed by atoms with E-state index in [0.29, 0.717) is 11.5 Å². The Bertz CT molecular complexity index is 982. The van der Waals surface area contributed by atoms with Crippen molar-refractivity contribution in [1.29, 1.82) is 0 Å². The van der Waals surface area contributed by atoms with Crippen LogP contribution in [0.5, 0.6) is 0 Å². The quantitative estimate of drug-likeness (QED) is 0.679. The molecule has 2 aliphatic carbocycles. The topological polar surface area (TPSA) is 69.9 Å². The lowest BCUT2D eigenvalue weighted by Crippen LogP contribution is -2.50. The van der Waals surface area contributed by atoms with E-state index in [2.05, 4.69) is 21.3 Å². The number of ether oxygens (including phenoxy) is 1. The summed E-state index contributed by atoms with van der Waals surface area (Å²) in [5.74, 6) is 0.0392. The van der Waals surface area contributed by atoms with Crippen molar-refractivity contribution in [2.24, 2.45) is 11.3 Å². The number of aromatic nitrogens is 4. The van der Waals surface area contributed by atoms with Gasteiger partial charge in [0, 0.05) is 11.8 Å². The van der Waals surface area contributed by atoms with E-state index in [9.17, 15) is 4.79 Å². The lowest BCUT2D eigenvalue weighted by molar-refractivity contribution is -0.161. The van der Waals surface area contributed by atoms with E-state index in [1.165, 1.54) is 7.11 Å². The zero-order valence-corrected chi connectivity index (χ0v) is 14.6. The molecule has 0 aliphatic heterocycles. The van der Waals surface area contributed by atoms with Gasteiger partial charge in [-0.3, -0.25) is 14.5 Å². The summed E-state index contributed by atoms with van der Waals surface area (Å²) in [6.07, 6.45) is 9.82. The predicted molar refractivity (Wildman–Crippen MR) is 96.2 cm³/mol.